The molecule has 1 atom stereocenters. The number of nitrogens with one attached hydrogen (secondary N) is 1. The third-order valence-corrected chi connectivity index (χ3v) is 8.46. The summed E-state index contributed by atoms with van der Waals surface area (Å²) in [6.45, 7) is 0.195. The fraction of sp³-hybridized carbons (Fsp3) is 0.464. The molecule has 7 heteroatoms. The predicted octanol–water partition coefficient (Wildman–Crippen LogP) is 4.30. The summed E-state index contributed by atoms with van der Waals surface area (Å²) in [5, 5.41) is 12.3. The van der Waals surface area contributed by atoms with Gasteiger partial charge in [-0.3, -0.25) is 9.59 Å². The van der Waals surface area contributed by atoms with Crippen LogP contribution in [0.25, 0.3) is 11.1 Å². The van der Waals surface area contributed by atoms with Crippen molar-refractivity contribution in [3.63, 3.8) is 0 Å². The molecule has 2 aliphatic carbocycles. The van der Waals surface area contributed by atoms with Crippen molar-refractivity contribution in [3.05, 3.63) is 59.7 Å². The zero-order valence-corrected chi connectivity index (χ0v) is 19.6. The molecule has 2 heterocycles. The van der Waals surface area contributed by atoms with E-state index in [-0.39, 0.29) is 36.8 Å². The van der Waals surface area contributed by atoms with Crippen LogP contribution in [-0.4, -0.2) is 52.2 Å². The number of hydrogen-bond acceptors (Lipinski definition) is 4. The highest BCUT2D eigenvalue weighted by molar-refractivity contribution is 5.88. The first-order chi connectivity index (χ1) is 17.0. The number of rotatable bonds is 7. The average molecular weight is 475 g/mol. The van der Waals surface area contributed by atoms with Crippen LogP contribution in [0, 0.1) is 5.92 Å². The summed E-state index contributed by atoms with van der Waals surface area (Å²) in [6.07, 6.45) is 4.25. The standard InChI is InChI=1S/C28H30N2O5/c31-24(32)15-28-13-11-18(12-14-28)30(28)26(33)25(17-9-10-17)29-27(34)35-16-23-21-7-3-1-5-19(21)20-6-2-4-8-22(20)23/h1-8,17-18,23,25H,9-16H2,(H,29,34)(H,31,32). The largest absolute Gasteiger partial charge is 0.481 e. The first-order valence-corrected chi connectivity index (χ1v) is 12.6. The van der Waals surface area contributed by atoms with Gasteiger partial charge in [-0.1, -0.05) is 48.5 Å². The highest BCUT2D eigenvalue weighted by Crippen LogP contribution is 2.50. The number of ether oxygens (including phenoxy) is 1. The van der Waals surface area contributed by atoms with E-state index in [4.69, 9.17) is 4.74 Å². The van der Waals surface area contributed by atoms with E-state index in [9.17, 15) is 19.5 Å². The SMILES string of the molecule is O=C(O)CC12CCC(CC1)N2C(=O)C(NC(=O)OCC1c2ccccc2-c2ccccc21)C1CC1. The molecule has 7 nitrogen and oxygen atoms in total. The number of aliphatic carboxylic acids is 1. The van der Waals surface area contributed by atoms with Gasteiger partial charge in [-0.05, 0) is 66.7 Å². The lowest BCUT2D eigenvalue weighted by Gasteiger charge is -2.36. The van der Waals surface area contributed by atoms with Gasteiger partial charge >= 0.3 is 12.1 Å². The van der Waals surface area contributed by atoms with Crippen LogP contribution in [0.4, 0.5) is 4.79 Å². The molecule has 3 fully saturated rings. The Morgan fingerprint density at radius 2 is 1.57 bits per heavy atom. The molecule has 2 aromatic carbocycles. The molecule has 2 amide bonds. The molecule has 2 aliphatic heterocycles. The van der Waals surface area contributed by atoms with E-state index in [1.807, 2.05) is 29.2 Å². The predicted molar refractivity (Wildman–Crippen MR) is 129 cm³/mol. The van der Waals surface area contributed by atoms with Gasteiger partial charge in [-0.25, -0.2) is 4.79 Å². The summed E-state index contributed by atoms with van der Waals surface area (Å²) in [5.41, 5.74) is 4.00. The Balaban J connectivity index is 1.16. The van der Waals surface area contributed by atoms with E-state index in [1.54, 1.807) is 0 Å². The van der Waals surface area contributed by atoms with Crippen LogP contribution >= 0.6 is 0 Å². The summed E-state index contributed by atoms with van der Waals surface area (Å²) in [4.78, 5) is 40.0. The van der Waals surface area contributed by atoms with Crippen LogP contribution in [0.1, 0.15) is 62.0 Å². The van der Waals surface area contributed by atoms with E-state index in [2.05, 4.69) is 29.6 Å². The molecule has 1 unspecified atom stereocenters. The lowest BCUT2D eigenvalue weighted by molar-refractivity contribution is -0.144. The molecule has 2 saturated heterocycles. The third-order valence-electron chi connectivity index (χ3n) is 8.46. The van der Waals surface area contributed by atoms with Gasteiger partial charge < -0.3 is 20.1 Å². The van der Waals surface area contributed by atoms with Crippen molar-refractivity contribution < 1.29 is 24.2 Å². The smallest absolute Gasteiger partial charge is 0.407 e. The summed E-state index contributed by atoms with van der Waals surface area (Å²) >= 11 is 0. The maximum atomic E-state index is 13.7. The maximum Gasteiger partial charge on any atom is 0.407 e. The van der Waals surface area contributed by atoms with Crippen molar-refractivity contribution in [2.45, 2.75) is 68.5 Å². The number of carbonyl (C=O) groups excluding carboxylic acids is 2. The van der Waals surface area contributed by atoms with E-state index in [1.165, 1.54) is 0 Å². The first-order valence-electron chi connectivity index (χ1n) is 12.6. The number of benzene rings is 2. The molecule has 0 aromatic heterocycles. The van der Waals surface area contributed by atoms with Gasteiger partial charge in [-0.2, -0.15) is 0 Å². The zero-order valence-electron chi connectivity index (χ0n) is 19.6. The van der Waals surface area contributed by atoms with Gasteiger partial charge in [0.2, 0.25) is 5.91 Å². The lowest BCUT2D eigenvalue weighted by Crippen LogP contribution is -2.55. The Morgan fingerprint density at radius 3 is 2.14 bits per heavy atom. The molecule has 4 aliphatic rings. The Bertz CT molecular complexity index is 1140. The Hall–Kier alpha value is -3.35. The van der Waals surface area contributed by atoms with Gasteiger partial charge in [0.15, 0.2) is 0 Å². The average Bonchev–Trinajstić information content (AvgIpc) is 3.46. The number of carboxylic acids is 1. The van der Waals surface area contributed by atoms with Crippen LogP contribution in [0.3, 0.4) is 0 Å². The molecule has 35 heavy (non-hydrogen) atoms. The number of amides is 2. The van der Waals surface area contributed by atoms with Crippen LogP contribution in [0.15, 0.2) is 48.5 Å². The van der Waals surface area contributed by atoms with Crippen molar-refractivity contribution in [1.82, 2.24) is 10.2 Å². The van der Waals surface area contributed by atoms with Gasteiger partial charge in [0.25, 0.3) is 0 Å². The number of carbonyl (C=O) groups is 3. The van der Waals surface area contributed by atoms with Crippen molar-refractivity contribution in [2.75, 3.05) is 6.61 Å². The Morgan fingerprint density at radius 1 is 0.971 bits per heavy atom. The molecule has 182 valence electrons. The van der Waals surface area contributed by atoms with E-state index in [0.717, 1.165) is 60.8 Å². The highest BCUT2D eigenvalue weighted by atomic mass is 16.5. The third kappa shape index (κ3) is 3.77. The van der Waals surface area contributed by atoms with Crippen LogP contribution < -0.4 is 5.32 Å². The van der Waals surface area contributed by atoms with Gasteiger partial charge in [0, 0.05) is 12.0 Å². The zero-order chi connectivity index (χ0) is 24.2. The number of fused-ring (bicyclic) bond motifs is 5. The van der Waals surface area contributed by atoms with E-state index >= 15 is 0 Å². The normalized spacial score (nSPS) is 25.1. The number of hydrogen-bond donors (Lipinski definition) is 2. The summed E-state index contributed by atoms with van der Waals surface area (Å²) in [5.74, 6) is -0.971. The van der Waals surface area contributed by atoms with E-state index in [0.29, 0.717) is 0 Å². The second-order valence-corrected chi connectivity index (χ2v) is 10.5. The van der Waals surface area contributed by atoms with Gasteiger partial charge in [0.05, 0.1) is 12.0 Å². The monoisotopic (exact) mass is 474 g/mol. The molecule has 6 rings (SSSR count). The Labute approximate surface area is 204 Å². The van der Waals surface area contributed by atoms with Gasteiger partial charge in [-0.15, -0.1) is 0 Å². The van der Waals surface area contributed by atoms with Crippen LogP contribution in [0.5, 0.6) is 0 Å². The quantitative estimate of drug-likeness (QED) is 0.624. The molecule has 2 aromatic rings. The minimum atomic E-state index is -0.877. The molecule has 0 spiro atoms. The molecular formula is C28H30N2O5. The molecule has 2 N–H and O–H groups in total. The molecular weight excluding hydrogens is 444 g/mol. The second-order valence-electron chi connectivity index (χ2n) is 10.5. The van der Waals surface area contributed by atoms with Crippen molar-refractivity contribution in [3.8, 4) is 11.1 Å². The maximum absolute atomic E-state index is 13.7. The molecule has 0 radical (unpaired) electrons. The fourth-order valence-electron chi connectivity index (χ4n) is 6.71. The highest BCUT2D eigenvalue weighted by Gasteiger charge is 2.57. The fourth-order valence-corrected chi connectivity index (χ4v) is 6.71. The van der Waals surface area contributed by atoms with Crippen molar-refractivity contribution >= 4 is 18.0 Å². The minimum Gasteiger partial charge on any atom is -0.481 e. The molecule has 2 bridgehead atoms. The topological polar surface area (TPSA) is 95.9 Å². The van der Waals surface area contributed by atoms with Crippen molar-refractivity contribution in [2.24, 2.45) is 5.92 Å². The number of carboxylic acid groups (broad SMARTS) is 1. The van der Waals surface area contributed by atoms with E-state index < -0.39 is 23.6 Å². The first kappa shape index (κ1) is 22.1. The summed E-state index contributed by atoms with van der Waals surface area (Å²) in [6, 6.07) is 15.8. The molecule has 1 saturated carbocycles. The van der Waals surface area contributed by atoms with Gasteiger partial charge in [0.1, 0.15) is 12.6 Å². The number of alkyl carbamates (subject to hydrolysis) is 1. The summed E-state index contributed by atoms with van der Waals surface area (Å²) in [7, 11) is 0. The lowest BCUT2D eigenvalue weighted by atomic mass is 9.85. The second kappa shape index (κ2) is 8.40. The van der Waals surface area contributed by atoms with Crippen LogP contribution in [-0.2, 0) is 14.3 Å². The van der Waals surface area contributed by atoms with Crippen LogP contribution in [0.2, 0.25) is 0 Å². The minimum absolute atomic E-state index is 0.0302. The summed E-state index contributed by atoms with van der Waals surface area (Å²) < 4.78 is 5.71. The Kier molecular flexibility index (Phi) is 5.31. The number of nitrogens with zero attached hydrogens (tertiary/aromatic N) is 1. The van der Waals surface area contributed by atoms with Crippen molar-refractivity contribution in [1.29, 1.82) is 0 Å².